The van der Waals surface area contributed by atoms with Crippen molar-refractivity contribution < 1.29 is 0 Å². The minimum atomic E-state index is 0.862. The molecule has 0 fully saturated rings. The van der Waals surface area contributed by atoms with Crippen molar-refractivity contribution in [3.05, 3.63) is 12.3 Å². The van der Waals surface area contributed by atoms with E-state index in [1.165, 1.54) is 32.1 Å². The number of isothiocyanates is 1. The van der Waals surface area contributed by atoms with Crippen LogP contribution in [0.2, 0.25) is 0 Å². The summed E-state index contributed by atoms with van der Waals surface area (Å²) < 4.78 is 0. The largest absolute Gasteiger partial charge is 0.200 e. The monoisotopic (exact) mass is 183 g/mol. The summed E-state index contributed by atoms with van der Waals surface area (Å²) in [5.74, 6) is 0. The van der Waals surface area contributed by atoms with Gasteiger partial charge in [-0.1, -0.05) is 39.2 Å². The van der Waals surface area contributed by atoms with Crippen LogP contribution in [0.4, 0.5) is 0 Å². The first-order valence-corrected chi connectivity index (χ1v) is 4.97. The maximum atomic E-state index is 4.47. The molecular formula is C10H17NS. The summed E-state index contributed by atoms with van der Waals surface area (Å²) in [4.78, 5) is 3.81. The van der Waals surface area contributed by atoms with Crippen LogP contribution in [0.1, 0.15) is 45.4 Å². The Morgan fingerprint density at radius 1 is 1.33 bits per heavy atom. The van der Waals surface area contributed by atoms with E-state index in [1.54, 1.807) is 0 Å². The van der Waals surface area contributed by atoms with E-state index >= 15 is 0 Å². The Bertz CT molecular complexity index is 169. The van der Waals surface area contributed by atoms with Crippen LogP contribution in [0, 0.1) is 0 Å². The van der Waals surface area contributed by atoms with E-state index < -0.39 is 0 Å². The van der Waals surface area contributed by atoms with Gasteiger partial charge in [-0.2, -0.15) is 4.99 Å². The molecule has 0 saturated carbocycles. The van der Waals surface area contributed by atoms with Gasteiger partial charge < -0.3 is 0 Å². The Morgan fingerprint density at radius 3 is 2.58 bits per heavy atom. The van der Waals surface area contributed by atoms with Crippen LogP contribution in [-0.2, 0) is 0 Å². The molecule has 0 N–H and O–H groups in total. The molecule has 0 aromatic rings. The normalized spacial score (nSPS) is 9.08. The van der Waals surface area contributed by atoms with E-state index in [2.05, 4.69) is 35.9 Å². The molecule has 0 aliphatic heterocycles. The van der Waals surface area contributed by atoms with Gasteiger partial charge in [0.1, 0.15) is 0 Å². The molecule has 2 heteroatoms. The van der Waals surface area contributed by atoms with Crippen molar-refractivity contribution >= 4 is 17.4 Å². The van der Waals surface area contributed by atoms with Crippen LogP contribution in [-0.4, -0.2) is 5.16 Å². The Morgan fingerprint density at radius 2 is 2.00 bits per heavy atom. The molecule has 0 heterocycles. The van der Waals surface area contributed by atoms with Gasteiger partial charge in [0.2, 0.25) is 0 Å². The van der Waals surface area contributed by atoms with Gasteiger partial charge in [-0.25, -0.2) is 0 Å². The third-order valence-electron chi connectivity index (χ3n) is 1.77. The molecule has 0 radical (unpaired) electrons. The van der Waals surface area contributed by atoms with Crippen molar-refractivity contribution in [3.8, 4) is 0 Å². The SMILES string of the molecule is C=C(CCCCCCC)N=C=S. The van der Waals surface area contributed by atoms with E-state index in [-0.39, 0.29) is 0 Å². The lowest BCUT2D eigenvalue weighted by atomic mass is 10.1. The Hall–Kier alpha value is -0.460. The van der Waals surface area contributed by atoms with E-state index in [1.807, 2.05) is 0 Å². The lowest BCUT2D eigenvalue weighted by Gasteiger charge is -1.98. The molecule has 0 unspecified atom stereocenters. The van der Waals surface area contributed by atoms with E-state index in [0.29, 0.717) is 0 Å². The Kier molecular flexibility index (Phi) is 8.30. The average molecular weight is 183 g/mol. The summed E-state index contributed by atoms with van der Waals surface area (Å²) >= 11 is 4.47. The molecule has 12 heavy (non-hydrogen) atoms. The summed E-state index contributed by atoms with van der Waals surface area (Å²) in [6.07, 6.45) is 7.37. The highest BCUT2D eigenvalue weighted by molar-refractivity contribution is 7.78. The molecule has 1 nitrogen and oxygen atoms in total. The third-order valence-corrected chi connectivity index (χ3v) is 1.86. The molecule has 0 aromatic carbocycles. The zero-order chi connectivity index (χ0) is 9.23. The highest BCUT2D eigenvalue weighted by Crippen LogP contribution is 2.09. The summed E-state index contributed by atoms with van der Waals surface area (Å²) in [5.41, 5.74) is 0.862. The molecule has 0 saturated heterocycles. The van der Waals surface area contributed by atoms with E-state index in [9.17, 15) is 0 Å². The second kappa shape index (κ2) is 8.63. The summed E-state index contributed by atoms with van der Waals surface area (Å²) in [6, 6.07) is 0. The van der Waals surface area contributed by atoms with Crippen LogP contribution >= 0.6 is 12.2 Å². The van der Waals surface area contributed by atoms with Crippen molar-refractivity contribution in [1.82, 2.24) is 0 Å². The Balaban J connectivity index is 3.19. The van der Waals surface area contributed by atoms with Crippen LogP contribution in [0.25, 0.3) is 0 Å². The first-order chi connectivity index (χ1) is 5.81. The van der Waals surface area contributed by atoms with Crippen molar-refractivity contribution in [2.75, 3.05) is 0 Å². The van der Waals surface area contributed by atoms with Gasteiger partial charge in [0, 0.05) is 5.70 Å². The van der Waals surface area contributed by atoms with Crippen LogP contribution in [0.5, 0.6) is 0 Å². The maximum absolute atomic E-state index is 4.47. The number of hydrogen-bond donors (Lipinski definition) is 0. The fourth-order valence-corrected chi connectivity index (χ4v) is 1.18. The molecule has 68 valence electrons. The first kappa shape index (κ1) is 11.5. The van der Waals surface area contributed by atoms with Gasteiger partial charge >= 0.3 is 0 Å². The average Bonchev–Trinajstić information content (AvgIpc) is 2.05. The zero-order valence-electron chi connectivity index (χ0n) is 7.81. The smallest absolute Gasteiger partial charge is 0.0637 e. The first-order valence-electron chi connectivity index (χ1n) is 4.57. The van der Waals surface area contributed by atoms with Crippen LogP contribution < -0.4 is 0 Å². The van der Waals surface area contributed by atoms with E-state index in [0.717, 1.165) is 12.1 Å². The molecule has 0 amide bonds. The zero-order valence-corrected chi connectivity index (χ0v) is 8.62. The second-order valence-corrected chi connectivity index (χ2v) is 3.12. The highest BCUT2D eigenvalue weighted by atomic mass is 32.1. The predicted octanol–water partition coefficient (Wildman–Crippen LogP) is 3.96. The lowest BCUT2D eigenvalue weighted by Crippen LogP contribution is -1.80. The summed E-state index contributed by atoms with van der Waals surface area (Å²) in [6.45, 7) is 5.98. The number of hydrogen-bond acceptors (Lipinski definition) is 2. The molecule has 0 aliphatic carbocycles. The number of unbranched alkanes of at least 4 members (excludes halogenated alkanes) is 4. The predicted molar refractivity (Wildman–Crippen MR) is 57.5 cm³/mol. The van der Waals surface area contributed by atoms with Gasteiger partial charge in [-0.15, -0.1) is 0 Å². The minimum Gasteiger partial charge on any atom is -0.200 e. The Labute approximate surface area is 80.6 Å². The van der Waals surface area contributed by atoms with Gasteiger partial charge in [-0.05, 0) is 25.1 Å². The summed E-state index contributed by atoms with van der Waals surface area (Å²) in [7, 11) is 0. The standard InChI is InChI=1S/C10H17NS/c1-3-4-5-6-7-8-10(2)11-9-12/h2-8H2,1H3. The van der Waals surface area contributed by atoms with Gasteiger partial charge in [-0.3, -0.25) is 0 Å². The fraction of sp³-hybridized carbons (Fsp3) is 0.700. The number of nitrogens with zero attached hydrogens (tertiary/aromatic N) is 1. The van der Waals surface area contributed by atoms with Crippen LogP contribution in [0.3, 0.4) is 0 Å². The van der Waals surface area contributed by atoms with Crippen molar-refractivity contribution in [3.63, 3.8) is 0 Å². The second-order valence-electron chi connectivity index (χ2n) is 2.93. The number of allylic oxidation sites excluding steroid dienone is 1. The fourth-order valence-electron chi connectivity index (χ4n) is 1.05. The lowest BCUT2D eigenvalue weighted by molar-refractivity contribution is 0.630. The maximum Gasteiger partial charge on any atom is 0.0637 e. The number of rotatable bonds is 7. The van der Waals surface area contributed by atoms with Crippen molar-refractivity contribution in [1.29, 1.82) is 0 Å². The molecular weight excluding hydrogens is 166 g/mol. The summed E-state index contributed by atoms with van der Waals surface area (Å²) in [5, 5.41) is 2.33. The van der Waals surface area contributed by atoms with Crippen molar-refractivity contribution in [2.45, 2.75) is 45.4 Å². The molecule has 0 rings (SSSR count). The van der Waals surface area contributed by atoms with Gasteiger partial charge in [0.15, 0.2) is 0 Å². The molecule has 0 spiro atoms. The quantitative estimate of drug-likeness (QED) is 0.330. The number of thiocarbonyl (C=S) groups is 1. The molecule has 0 bridgehead atoms. The molecule has 0 aliphatic rings. The molecule has 0 aromatic heterocycles. The third kappa shape index (κ3) is 7.64. The topological polar surface area (TPSA) is 12.4 Å². The minimum absolute atomic E-state index is 0.862. The van der Waals surface area contributed by atoms with Crippen LogP contribution in [0.15, 0.2) is 17.3 Å². The molecule has 0 atom stereocenters. The highest BCUT2D eigenvalue weighted by Gasteiger charge is 1.91. The van der Waals surface area contributed by atoms with E-state index in [4.69, 9.17) is 0 Å². The van der Waals surface area contributed by atoms with Crippen molar-refractivity contribution in [2.24, 2.45) is 4.99 Å². The number of aliphatic imine (C=N–C) groups is 1. The van der Waals surface area contributed by atoms with Gasteiger partial charge in [0.25, 0.3) is 0 Å². The van der Waals surface area contributed by atoms with Gasteiger partial charge in [0.05, 0.1) is 5.16 Å².